The van der Waals surface area contributed by atoms with Crippen molar-refractivity contribution >= 4 is 31.9 Å². The van der Waals surface area contributed by atoms with Crippen LogP contribution in [-0.2, 0) is 0 Å². The number of pyridine rings is 1. The van der Waals surface area contributed by atoms with Crippen LogP contribution >= 0.6 is 31.9 Å². The molecule has 0 fully saturated rings. The maximum atomic E-state index is 6.37. The van der Waals surface area contributed by atoms with E-state index in [0.717, 1.165) is 14.5 Å². The third-order valence-corrected chi connectivity index (χ3v) is 4.30. The fourth-order valence-corrected chi connectivity index (χ4v) is 2.80. The van der Waals surface area contributed by atoms with Gasteiger partial charge in [-0.15, -0.1) is 0 Å². The predicted octanol–water partition coefficient (Wildman–Crippen LogP) is 4.41. The number of hydrogen-bond donors (Lipinski definition) is 1. The molecule has 18 heavy (non-hydrogen) atoms. The Bertz CT molecular complexity index is 529. The monoisotopic (exact) mass is 368 g/mol. The van der Waals surface area contributed by atoms with Crippen LogP contribution in [0.15, 0.2) is 51.7 Å². The molecule has 0 aliphatic carbocycles. The van der Waals surface area contributed by atoms with Gasteiger partial charge in [0.1, 0.15) is 0 Å². The molecule has 2 atom stereocenters. The highest BCUT2D eigenvalue weighted by molar-refractivity contribution is 9.11. The topological polar surface area (TPSA) is 38.9 Å². The standard InChI is InChI=1S/C14H14Br2N2/c1-9(10-4-6-18-7-5-10)14(17)12-8-11(15)2-3-13(12)16/h2-9,14H,17H2,1H3. The minimum absolute atomic E-state index is 0.0562. The van der Waals surface area contributed by atoms with Crippen molar-refractivity contribution in [3.8, 4) is 0 Å². The number of hydrogen-bond acceptors (Lipinski definition) is 2. The summed E-state index contributed by atoms with van der Waals surface area (Å²) >= 11 is 7.04. The molecule has 0 radical (unpaired) electrons. The summed E-state index contributed by atoms with van der Waals surface area (Å²) in [5, 5.41) is 0. The molecule has 2 N–H and O–H groups in total. The van der Waals surface area contributed by atoms with Crippen molar-refractivity contribution in [1.82, 2.24) is 4.98 Å². The largest absolute Gasteiger partial charge is 0.323 e. The number of halogens is 2. The lowest BCUT2D eigenvalue weighted by molar-refractivity contribution is 0.595. The molecule has 0 aliphatic heterocycles. The van der Waals surface area contributed by atoms with E-state index in [1.165, 1.54) is 5.56 Å². The summed E-state index contributed by atoms with van der Waals surface area (Å²) in [5.74, 6) is 0.235. The van der Waals surface area contributed by atoms with E-state index < -0.39 is 0 Å². The van der Waals surface area contributed by atoms with Crippen LogP contribution in [0.25, 0.3) is 0 Å². The van der Waals surface area contributed by atoms with E-state index in [2.05, 4.69) is 49.8 Å². The number of aromatic nitrogens is 1. The Morgan fingerprint density at radius 1 is 1.11 bits per heavy atom. The lowest BCUT2D eigenvalue weighted by atomic mass is 9.90. The SMILES string of the molecule is CC(c1ccncc1)C(N)c1cc(Br)ccc1Br. The molecule has 0 saturated carbocycles. The van der Waals surface area contributed by atoms with Gasteiger partial charge in [-0.25, -0.2) is 0 Å². The first-order valence-corrected chi connectivity index (χ1v) is 7.28. The van der Waals surface area contributed by atoms with Crippen LogP contribution < -0.4 is 5.73 Å². The average Bonchev–Trinajstić information content (AvgIpc) is 2.41. The first kappa shape index (κ1) is 13.7. The molecule has 2 nitrogen and oxygen atoms in total. The quantitative estimate of drug-likeness (QED) is 0.870. The lowest BCUT2D eigenvalue weighted by Gasteiger charge is -2.22. The van der Waals surface area contributed by atoms with Crippen molar-refractivity contribution in [1.29, 1.82) is 0 Å². The van der Waals surface area contributed by atoms with E-state index in [9.17, 15) is 0 Å². The second-order valence-electron chi connectivity index (χ2n) is 4.26. The molecule has 1 aromatic heterocycles. The van der Waals surface area contributed by atoms with Crippen LogP contribution in [0.5, 0.6) is 0 Å². The first-order valence-electron chi connectivity index (χ1n) is 5.70. The highest BCUT2D eigenvalue weighted by Crippen LogP contribution is 2.33. The number of benzene rings is 1. The molecule has 94 valence electrons. The molecular formula is C14H14Br2N2. The number of nitrogens with zero attached hydrogens (tertiary/aromatic N) is 1. The Balaban J connectivity index is 2.31. The van der Waals surface area contributed by atoms with Crippen molar-refractivity contribution in [3.05, 3.63) is 62.8 Å². The Hall–Kier alpha value is -0.710. The van der Waals surface area contributed by atoms with E-state index in [-0.39, 0.29) is 12.0 Å². The minimum atomic E-state index is -0.0562. The van der Waals surface area contributed by atoms with E-state index in [1.807, 2.05) is 24.3 Å². The molecule has 0 aliphatic rings. The van der Waals surface area contributed by atoms with Gasteiger partial charge in [-0.1, -0.05) is 38.8 Å². The summed E-state index contributed by atoms with van der Waals surface area (Å²) in [7, 11) is 0. The molecule has 1 aromatic carbocycles. The van der Waals surface area contributed by atoms with E-state index in [0.29, 0.717) is 0 Å². The van der Waals surface area contributed by atoms with Gasteiger partial charge in [0.05, 0.1) is 0 Å². The van der Waals surface area contributed by atoms with Crippen molar-refractivity contribution in [3.63, 3.8) is 0 Å². The molecule has 0 amide bonds. The predicted molar refractivity (Wildman–Crippen MR) is 81.4 cm³/mol. The second kappa shape index (κ2) is 5.95. The summed E-state index contributed by atoms with van der Waals surface area (Å²) in [5.41, 5.74) is 8.67. The van der Waals surface area contributed by atoms with Gasteiger partial charge in [0.25, 0.3) is 0 Å². The Labute approximate surface area is 124 Å². The molecule has 2 aromatic rings. The second-order valence-corrected chi connectivity index (χ2v) is 6.03. The van der Waals surface area contributed by atoms with Gasteiger partial charge in [0.15, 0.2) is 0 Å². The average molecular weight is 370 g/mol. The summed E-state index contributed by atoms with van der Waals surface area (Å²) < 4.78 is 2.08. The number of rotatable bonds is 3. The normalized spacial score (nSPS) is 14.2. The summed E-state index contributed by atoms with van der Waals surface area (Å²) in [6, 6.07) is 10.0. The maximum Gasteiger partial charge on any atom is 0.0373 e. The van der Waals surface area contributed by atoms with Crippen LogP contribution in [0.2, 0.25) is 0 Å². The van der Waals surface area contributed by atoms with Crippen molar-refractivity contribution < 1.29 is 0 Å². The summed E-state index contributed by atoms with van der Waals surface area (Å²) in [4.78, 5) is 4.03. The van der Waals surface area contributed by atoms with Gasteiger partial charge in [0, 0.05) is 33.3 Å². The fraction of sp³-hybridized carbons (Fsp3) is 0.214. The number of nitrogens with two attached hydrogens (primary N) is 1. The first-order chi connectivity index (χ1) is 8.59. The molecule has 2 unspecified atom stereocenters. The van der Waals surface area contributed by atoms with Gasteiger partial charge in [-0.2, -0.15) is 0 Å². The van der Waals surface area contributed by atoms with E-state index >= 15 is 0 Å². The molecule has 1 heterocycles. The fourth-order valence-electron chi connectivity index (χ4n) is 1.91. The van der Waals surface area contributed by atoms with Crippen LogP contribution in [0, 0.1) is 0 Å². The molecule has 4 heteroatoms. The van der Waals surface area contributed by atoms with E-state index in [1.54, 1.807) is 12.4 Å². The molecular weight excluding hydrogens is 356 g/mol. The van der Waals surface area contributed by atoms with Crippen molar-refractivity contribution in [2.24, 2.45) is 5.73 Å². The zero-order valence-electron chi connectivity index (χ0n) is 9.98. The molecule has 2 rings (SSSR count). The smallest absolute Gasteiger partial charge is 0.0373 e. The van der Waals surface area contributed by atoms with Crippen LogP contribution in [0.3, 0.4) is 0 Å². The van der Waals surface area contributed by atoms with Gasteiger partial charge in [0.2, 0.25) is 0 Å². The Morgan fingerprint density at radius 3 is 2.44 bits per heavy atom. The third kappa shape index (κ3) is 2.99. The Kier molecular flexibility index (Phi) is 4.54. The van der Waals surface area contributed by atoms with Crippen molar-refractivity contribution in [2.45, 2.75) is 18.9 Å². The van der Waals surface area contributed by atoms with Gasteiger partial charge >= 0.3 is 0 Å². The zero-order chi connectivity index (χ0) is 13.1. The van der Waals surface area contributed by atoms with E-state index in [4.69, 9.17) is 5.73 Å². The lowest BCUT2D eigenvalue weighted by Crippen LogP contribution is -2.18. The van der Waals surface area contributed by atoms with Gasteiger partial charge in [-0.05, 0) is 41.5 Å². The van der Waals surface area contributed by atoms with Crippen molar-refractivity contribution in [2.75, 3.05) is 0 Å². The Morgan fingerprint density at radius 2 is 1.78 bits per heavy atom. The highest BCUT2D eigenvalue weighted by atomic mass is 79.9. The maximum absolute atomic E-state index is 6.37. The van der Waals surface area contributed by atoms with Crippen LogP contribution in [0.1, 0.15) is 30.0 Å². The highest BCUT2D eigenvalue weighted by Gasteiger charge is 2.19. The third-order valence-electron chi connectivity index (χ3n) is 3.09. The zero-order valence-corrected chi connectivity index (χ0v) is 13.1. The summed E-state index contributed by atoms with van der Waals surface area (Å²) in [6.45, 7) is 2.13. The van der Waals surface area contributed by atoms with Crippen LogP contribution in [-0.4, -0.2) is 4.98 Å². The minimum Gasteiger partial charge on any atom is -0.323 e. The summed E-state index contributed by atoms with van der Waals surface area (Å²) in [6.07, 6.45) is 3.60. The van der Waals surface area contributed by atoms with Crippen LogP contribution in [0.4, 0.5) is 0 Å². The van der Waals surface area contributed by atoms with Gasteiger partial charge in [-0.3, -0.25) is 4.98 Å². The molecule has 0 saturated heterocycles. The molecule has 0 bridgehead atoms. The van der Waals surface area contributed by atoms with Gasteiger partial charge < -0.3 is 5.73 Å². The molecule has 0 spiro atoms.